The van der Waals surface area contributed by atoms with Gasteiger partial charge in [-0.25, -0.2) is 0 Å². The van der Waals surface area contributed by atoms with Crippen molar-refractivity contribution in [2.45, 2.75) is 0 Å². The molecule has 0 bridgehead atoms. The van der Waals surface area contributed by atoms with Crippen molar-refractivity contribution >= 4 is 35.0 Å². The Morgan fingerprint density at radius 3 is 2.63 bits per heavy atom. The molecule has 0 aliphatic carbocycles. The van der Waals surface area contributed by atoms with Crippen LogP contribution in [0.4, 0.5) is 0 Å². The molecule has 3 rings (SSSR count). The standard InChI is InChI=1S/C15H9Cl2NO/c16-13-5-4-10(7-14(13)17)11-8-18-6-2-1-3-15(18)12(11)9-19/h1-9H. The molecule has 2 heterocycles. The molecule has 0 spiro atoms. The van der Waals surface area contributed by atoms with Gasteiger partial charge in [-0.2, -0.15) is 0 Å². The summed E-state index contributed by atoms with van der Waals surface area (Å²) >= 11 is 11.9. The van der Waals surface area contributed by atoms with E-state index in [1.165, 1.54) is 0 Å². The molecule has 0 unspecified atom stereocenters. The number of benzene rings is 1. The summed E-state index contributed by atoms with van der Waals surface area (Å²) in [4.78, 5) is 11.4. The van der Waals surface area contributed by atoms with Crippen LogP contribution in [-0.2, 0) is 0 Å². The second-order valence-corrected chi connectivity index (χ2v) is 5.01. The van der Waals surface area contributed by atoms with Crippen LogP contribution in [0.15, 0.2) is 48.8 Å². The molecule has 0 saturated carbocycles. The zero-order valence-corrected chi connectivity index (χ0v) is 11.3. The SMILES string of the molecule is O=Cc1c(-c2ccc(Cl)c(Cl)c2)cn2ccccc12. The van der Waals surface area contributed by atoms with Gasteiger partial charge in [0.25, 0.3) is 0 Å². The van der Waals surface area contributed by atoms with Crippen molar-refractivity contribution in [1.82, 2.24) is 4.40 Å². The van der Waals surface area contributed by atoms with Crippen LogP contribution in [0.3, 0.4) is 0 Å². The first kappa shape index (κ1) is 12.3. The predicted molar refractivity (Wildman–Crippen MR) is 78.2 cm³/mol. The lowest BCUT2D eigenvalue weighted by Crippen LogP contribution is -1.83. The third-order valence-electron chi connectivity index (χ3n) is 3.07. The van der Waals surface area contributed by atoms with Crippen molar-refractivity contribution in [2.24, 2.45) is 0 Å². The average Bonchev–Trinajstić information content (AvgIpc) is 2.80. The smallest absolute Gasteiger partial charge is 0.152 e. The van der Waals surface area contributed by atoms with Crippen LogP contribution in [0.1, 0.15) is 10.4 Å². The van der Waals surface area contributed by atoms with E-state index in [9.17, 15) is 4.79 Å². The summed E-state index contributed by atoms with van der Waals surface area (Å²) in [6.07, 6.45) is 4.69. The molecule has 0 atom stereocenters. The predicted octanol–water partition coefficient (Wildman–Crippen LogP) is 4.73. The molecule has 1 aromatic carbocycles. The van der Waals surface area contributed by atoms with Gasteiger partial charge in [-0.15, -0.1) is 0 Å². The largest absolute Gasteiger partial charge is 0.322 e. The number of fused-ring (bicyclic) bond motifs is 1. The molecule has 0 aliphatic rings. The fourth-order valence-electron chi connectivity index (χ4n) is 2.16. The molecule has 19 heavy (non-hydrogen) atoms. The lowest BCUT2D eigenvalue weighted by atomic mass is 10.0. The Hall–Kier alpha value is -1.77. The van der Waals surface area contributed by atoms with Gasteiger partial charge in [-0.1, -0.05) is 35.3 Å². The van der Waals surface area contributed by atoms with Crippen molar-refractivity contribution in [3.8, 4) is 11.1 Å². The summed E-state index contributed by atoms with van der Waals surface area (Å²) in [5.74, 6) is 0. The zero-order valence-electron chi connectivity index (χ0n) is 9.81. The number of hydrogen-bond acceptors (Lipinski definition) is 1. The Kier molecular flexibility index (Phi) is 3.05. The molecule has 94 valence electrons. The van der Waals surface area contributed by atoms with Crippen LogP contribution >= 0.6 is 23.2 Å². The van der Waals surface area contributed by atoms with E-state index in [1.807, 2.05) is 41.1 Å². The number of carbonyl (C=O) groups is 1. The Bertz CT molecular complexity index is 777. The van der Waals surface area contributed by atoms with Gasteiger partial charge in [0.2, 0.25) is 0 Å². The second kappa shape index (κ2) is 4.72. The number of pyridine rings is 1. The lowest BCUT2D eigenvalue weighted by Gasteiger charge is -2.01. The minimum Gasteiger partial charge on any atom is -0.322 e. The number of nitrogens with zero attached hydrogens (tertiary/aromatic N) is 1. The molecule has 0 amide bonds. The van der Waals surface area contributed by atoms with Crippen molar-refractivity contribution in [3.05, 3.63) is 64.4 Å². The number of halogens is 2. The van der Waals surface area contributed by atoms with Crippen molar-refractivity contribution in [1.29, 1.82) is 0 Å². The molecule has 3 aromatic rings. The molecule has 0 saturated heterocycles. The summed E-state index contributed by atoms with van der Waals surface area (Å²) < 4.78 is 1.92. The van der Waals surface area contributed by atoms with Gasteiger partial charge in [0.05, 0.1) is 15.6 Å². The molecular formula is C15H9Cl2NO. The van der Waals surface area contributed by atoms with Crippen LogP contribution < -0.4 is 0 Å². The second-order valence-electron chi connectivity index (χ2n) is 4.20. The first-order valence-electron chi connectivity index (χ1n) is 5.71. The number of hydrogen-bond donors (Lipinski definition) is 0. The van der Waals surface area contributed by atoms with E-state index in [0.29, 0.717) is 15.6 Å². The van der Waals surface area contributed by atoms with Gasteiger partial charge in [0, 0.05) is 23.5 Å². The van der Waals surface area contributed by atoms with Crippen molar-refractivity contribution < 1.29 is 4.79 Å². The summed E-state index contributed by atoms with van der Waals surface area (Å²) in [5.41, 5.74) is 3.25. The molecule has 0 N–H and O–H groups in total. The van der Waals surface area contributed by atoms with Crippen LogP contribution in [-0.4, -0.2) is 10.7 Å². The van der Waals surface area contributed by atoms with E-state index in [0.717, 1.165) is 22.9 Å². The summed E-state index contributed by atoms with van der Waals surface area (Å²) in [6.45, 7) is 0. The first-order valence-corrected chi connectivity index (χ1v) is 6.46. The Balaban J connectivity index is 2.29. The van der Waals surface area contributed by atoms with Gasteiger partial charge in [-0.3, -0.25) is 4.79 Å². The third-order valence-corrected chi connectivity index (χ3v) is 3.81. The van der Waals surface area contributed by atoms with E-state index in [-0.39, 0.29) is 0 Å². The van der Waals surface area contributed by atoms with Crippen molar-refractivity contribution in [3.63, 3.8) is 0 Å². The Labute approximate surface area is 120 Å². The highest BCUT2D eigenvalue weighted by Crippen LogP contribution is 2.32. The van der Waals surface area contributed by atoms with Gasteiger partial charge in [0.1, 0.15) is 0 Å². The molecule has 0 fully saturated rings. The van der Waals surface area contributed by atoms with Gasteiger partial charge in [0.15, 0.2) is 6.29 Å². The highest BCUT2D eigenvalue weighted by atomic mass is 35.5. The zero-order chi connectivity index (χ0) is 13.4. The summed E-state index contributed by atoms with van der Waals surface area (Å²) in [7, 11) is 0. The molecular weight excluding hydrogens is 281 g/mol. The first-order chi connectivity index (χ1) is 9.20. The number of rotatable bonds is 2. The van der Waals surface area contributed by atoms with Crippen LogP contribution in [0.2, 0.25) is 10.0 Å². The number of aromatic nitrogens is 1. The molecule has 0 radical (unpaired) electrons. The fourth-order valence-corrected chi connectivity index (χ4v) is 2.46. The normalized spacial score (nSPS) is 10.8. The number of aldehydes is 1. The fraction of sp³-hybridized carbons (Fsp3) is 0. The van der Waals surface area contributed by atoms with Crippen molar-refractivity contribution in [2.75, 3.05) is 0 Å². The topological polar surface area (TPSA) is 21.5 Å². The van der Waals surface area contributed by atoms with Gasteiger partial charge >= 0.3 is 0 Å². The van der Waals surface area contributed by atoms with E-state index in [4.69, 9.17) is 23.2 Å². The minimum atomic E-state index is 0.478. The average molecular weight is 290 g/mol. The van der Waals surface area contributed by atoms with Crippen LogP contribution in [0.5, 0.6) is 0 Å². The maximum atomic E-state index is 11.4. The van der Waals surface area contributed by atoms with E-state index >= 15 is 0 Å². The lowest BCUT2D eigenvalue weighted by molar-refractivity contribution is 0.112. The van der Waals surface area contributed by atoms with E-state index < -0.39 is 0 Å². The highest BCUT2D eigenvalue weighted by Gasteiger charge is 2.12. The summed E-state index contributed by atoms with van der Waals surface area (Å²) in [6, 6.07) is 11.1. The van der Waals surface area contributed by atoms with Gasteiger partial charge < -0.3 is 4.40 Å². The molecule has 2 nitrogen and oxygen atoms in total. The van der Waals surface area contributed by atoms with E-state index in [1.54, 1.807) is 12.1 Å². The number of carbonyl (C=O) groups excluding carboxylic acids is 1. The molecule has 4 heteroatoms. The Morgan fingerprint density at radius 2 is 1.89 bits per heavy atom. The van der Waals surface area contributed by atoms with Crippen LogP contribution in [0, 0.1) is 0 Å². The third kappa shape index (κ3) is 2.03. The maximum absolute atomic E-state index is 11.4. The van der Waals surface area contributed by atoms with E-state index in [2.05, 4.69) is 0 Å². The molecule has 0 aliphatic heterocycles. The van der Waals surface area contributed by atoms with Gasteiger partial charge in [-0.05, 0) is 29.8 Å². The minimum absolute atomic E-state index is 0.478. The Morgan fingerprint density at radius 1 is 1.05 bits per heavy atom. The maximum Gasteiger partial charge on any atom is 0.152 e. The highest BCUT2D eigenvalue weighted by molar-refractivity contribution is 6.42. The van der Waals surface area contributed by atoms with Crippen LogP contribution in [0.25, 0.3) is 16.6 Å². The summed E-state index contributed by atoms with van der Waals surface area (Å²) in [5, 5.41) is 0.980. The quantitative estimate of drug-likeness (QED) is 0.625. The molecule has 2 aromatic heterocycles. The monoisotopic (exact) mass is 289 g/mol.